The Labute approximate surface area is 190 Å². The van der Waals surface area contributed by atoms with E-state index in [1.54, 1.807) is 62.6 Å². The number of halogens is 2. The molecule has 3 rings (SSSR count). The van der Waals surface area contributed by atoms with Crippen LogP contribution in [0.5, 0.6) is 11.5 Å². The number of Topliss-reactive ketones (excluding diaryl/α,β-unsaturated/α-hetero) is 1. The summed E-state index contributed by atoms with van der Waals surface area (Å²) >= 11 is 0. The van der Waals surface area contributed by atoms with Crippen molar-refractivity contribution in [2.45, 2.75) is 20.5 Å². The van der Waals surface area contributed by atoms with Crippen molar-refractivity contribution in [2.75, 3.05) is 13.7 Å². The molecule has 0 fully saturated rings. The lowest BCUT2D eigenvalue weighted by Gasteiger charge is -2.11. The monoisotopic (exact) mass is 455 g/mol. The first-order chi connectivity index (χ1) is 15.8. The molecule has 6 nitrogen and oxygen atoms in total. The number of ether oxygens (including phenoxy) is 3. The van der Waals surface area contributed by atoms with Gasteiger partial charge in [-0.2, -0.15) is 8.78 Å². The summed E-state index contributed by atoms with van der Waals surface area (Å²) in [4.78, 5) is 24.7. The molecule has 1 heterocycles. The van der Waals surface area contributed by atoms with Gasteiger partial charge in [0.25, 0.3) is 0 Å². The first-order valence-corrected chi connectivity index (χ1v) is 10.0. The van der Waals surface area contributed by atoms with Crippen molar-refractivity contribution in [1.82, 2.24) is 4.57 Å². The van der Waals surface area contributed by atoms with E-state index in [2.05, 4.69) is 4.74 Å². The minimum Gasteiger partial charge on any atom is -0.497 e. The zero-order valence-electron chi connectivity index (χ0n) is 18.4. The average molecular weight is 455 g/mol. The van der Waals surface area contributed by atoms with Crippen LogP contribution in [0.4, 0.5) is 8.78 Å². The van der Waals surface area contributed by atoms with E-state index in [0.717, 1.165) is 11.3 Å². The van der Waals surface area contributed by atoms with Gasteiger partial charge in [-0.3, -0.25) is 4.79 Å². The largest absolute Gasteiger partial charge is 0.497 e. The molecule has 2 aromatic carbocycles. The molecule has 0 saturated heterocycles. The molecule has 0 atom stereocenters. The van der Waals surface area contributed by atoms with Crippen LogP contribution in [0, 0.1) is 13.8 Å². The number of aryl methyl sites for hydroxylation is 1. The predicted molar refractivity (Wildman–Crippen MR) is 119 cm³/mol. The second-order valence-corrected chi connectivity index (χ2v) is 7.13. The van der Waals surface area contributed by atoms with Gasteiger partial charge in [0.1, 0.15) is 11.5 Å². The third kappa shape index (κ3) is 6.06. The van der Waals surface area contributed by atoms with E-state index in [4.69, 9.17) is 9.47 Å². The number of carbonyl (C=O) groups is 2. The Balaban J connectivity index is 1.64. The molecule has 0 N–H and O–H groups in total. The smallest absolute Gasteiger partial charge is 0.387 e. The maximum atomic E-state index is 12.7. The van der Waals surface area contributed by atoms with Crippen molar-refractivity contribution in [3.8, 4) is 17.2 Å². The van der Waals surface area contributed by atoms with Gasteiger partial charge in [0, 0.05) is 28.7 Å². The third-order valence-corrected chi connectivity index (χ3v) is 4.92. The lowest BCUT2D eigenvalue weighted by atomic mass is 10.1. The van der Waals surface area contributed by atoms with Gasteiger partial charge in [-0.25, -0.2) is 4.79 Å². The summed E-state index contributed by atoms with van der Waals surface area (Å²) < 4.78 is 41.0. The van der Waals surface area contributed by atoms with E-state index < -0.39 is 19.2 Å². The Morgan fingerprint density at radius 3 is 2.24 bits per heavy atom. The highest BCUT2D eigenvalue weighted by Gasteiger charge is 2.18. The number of rotatable bonds is 9. The van der Waals surface area contributed by atoms with Gasteiger partial charge in [0.15, 0.2) is 6.61 Å². The quantitative estimate of drug-likeness (QED) is 0.254. The number of hydrogen-bond donors (Lipinski definition) is 0. The Morgan fingerprint density at radius 2 is 1.64 bits per heavy atom. The van der Waals surface area contributed by atoms with E-state index in [1.165, 1.54) is 18.2 Å². The van der Waals surface area contributed by atoms with E-state index in [-0.39, 0.29) is 11.5 Å². The van der Waals surface area contributed by atoms with Crippen molar-refractivity contribution >= 4 is 17.8 Å². The fourth-order valence-electron chi connectivity index (χ4n) is 3.36. The van der Waals surface area contributed by atoms with Crippen molar-refractivity contribution in [2.24, 2.45) is 0 Å². The van der Waals surface area contributed by atoms with Gasteiger partial charge < -0.3 is 18.8 Å². The SMILES string of the molecule is COc1ccc(/C=C/C(=O)OCC(=O)c2cc(C)n(-c3ccc(OC(F)F)cc3)c2C)cc1. The molecule has 8 heteroatoms. The van der Waals surface area contributed by atoms with Gasteiger partial charge in [-0.15, -0.1) is 0 Å². The van der Waals surface area contributed by atoms with Crippen molar-refractivity contribution < 1.29 is 32.6 Å². The Morgan fingerprint density at radius 1 is 1.00 bits per heavy atom. The number of methoxy groups -OCH3 is 1. The number of esters is 1. The van der Waals surface area contributed by atoms with Crippen LogP contribution in [-0.4, -0.2) is 36.6 Å². The molecular formula is C25H23F2NO5. The first-order valence-electron chi connectivity index (χ1n) is 10.0. The van der Waals surface area contributed by atoms with Crippen molar-refractivity contribution in [3.05, 3.63) is 83.2 Å². The van der Waals surface area contributed by atoms with Crippen LogP contribution in [0.3, 0.4) is 0 Å². The molecule has 0 aliphatic heterocycles. The van der Waals surface area contributed by atoms with Gasteiger partial charge in [0.2, 0.25) is 5.78 Å². The Bertz CT molecular complexity index is 1150. The second-order valence-electron chi connectivity index (χ2n) is 7.13. The summed E-state index contributed by atoms with van der Waals surface area (Å²) in [5.41, 5.74) is 3.29. The number of ketones is 1. The van der Waals surface area contributed by atoms with Gasteiger partial charge in [-0.05, 0) is 68.0 Å². The van der Waals surface area contributed by atoms with Crippen LogP contribution < -0.4 is 9.47 Å². The van der Waals surface area contributed by atoms with E-state index >= 15 is 0 Å². The summed E-state index contributed by atoms with van der Waals surface area (Å²) in [5.74, 6) is -0.238. The number of benzene rings is 2. The van der Waals surface area contributed by atoms with E-state index in [0.29, 0.717) is 22.7 Å². The normalized spacial score (nSPS) is 11.1. The molecule has 0 aliphatic carbocycles. The third-order valence-electron chi connectivity index (χ3n) is 4.92. The zero-order chi connectivity index (χ0) is 24.0. The topological polar surface area (TPSA) is 66.8 Å². The van der Waals surface area contributed by atoms with Crippen LogP contribution in [0.15, 0.2) is 60.7 Å². The van der Waals surface area contributed by atoms with Gasteiger partial charge in [0.05, 0.1) is 7.11 Å². The summed E-state index contributed by atoms with van der Waals surface area (Å²) in [6, 6.07) is 14.9. The Hall–Kier alpha value is -3.94. The van der Waals surface area contributed by atoms with E-state index in [1.807, 2.05) is 11.5 Å². The lowest BCUT2D eigenvalue weighted by Crippen LogP contribution is -2.13. The van der Waals surface area contributed by atoms with Gasteiger partial charge >= 0.3 is 12.6 Å². The molecule has 172 valence electrons. The van der Waals surface area contributed by atoms with Crippen LogP contribution in [0.2, 0.25) is 0 Å². The maximum absolute atomic E-state index is 12.7. The van der Waals surface area contributed by atoms with Crippen LogP contribution in [0.1, 0.15) is 27.3 Å². The molecule has 33 heavy (non-hydrogen) atoms. The highest BCUT2D eigenvalue weighted by atomic mass is 19.3. The zero-order valence-corrected chi connectivity index (χ0v) is 18.4. The number of carbonyl (C=O) groups excluding carboxylic acids is 2. The second kappa shape index (κ2) is 10.6. The van der Waals surface area contributed by atoms with Crippen LogP contribution in [0.25, 0.3) is 11.8 Å². The molecule has 3 aromatic rings. The van der Waals surface area contributed by atoms with Crippen LogP contribution in [-0.2, 0) is 9.53 Å². The molecule has 0 saturated carbocycles. The minimum absolute atomic E-state index is 0.0436. The minimum atomic E-state index is -2.90. The number of hydrogen-bond acceptors (Lipinski definition) is 5. The number of nitrogens with zero attached hydrogens (tertiary/aromatic N) is 1. The summed E-state index contributed by atoms with van der Waals surface area (Å²) in [7, 11) is 1.57. The predicted octanol–water partition coefficient (Wildman–Crippen LogP) is 5.14. The highest BCUT2D eigenvalue weighted by Crippen LogP contribution is 2.24. The molecule has 0 unspecified atom stereocenters. The molecule has 0 radical (unpaired) electrons. The summed E-state index contributed by atoms with van der Waals surface area (Å²) in [6.07, 6.45) is 2.83. The van der Waals surface area contributed by atoms with Crippen molar-refractivity contribution in [1.29, 1.82) is 0 Å². The maximum Gasteiger partial charge on any atom is 0.387 e. The molecule has 0 aliphatic rings. The lowest BCUT2D eigenvalue weighted by molar-refractivity contribution is -0.136. The summed E-state index contributed by atoms with van der Waals surface area (Å²) in [5, 5.41) is 0. The molecule has 1 aromatic heterocycles. The number of alkyl halides is 2. The Kier molecular flexibility index (Phi) is 7.61. The average Bonchev–Trinajstić information content (AvgIpc) is 3.10. The summed E-state index contributed by atoms with van der Waals surface area (Å²) in [6.45, 7) is 0.271. The van der Waals surface area contributed by atoms with Crippen molar-refractivity contribution in [3.63, 3.8) is 0 Å². The fraction of sp³-hybridized carbons (Fsp3) is 0.200. The molecular weight excluding hydrogens is 432 g/mol. The van der Waals surface area contributed by atoms with Gasteiger partial charge in [-0.1, -0.05) is 12.1 Å². The molecule has 0 bridgehead atoms. The highest BCUT2D eigenvalue weighted by molar-refractivity contribution is 6.00. The molecule has 0 spiro atoms. The first kappa shape index (κ1) is 23.7. The molecule has 0 amide bonds. The fourth-order valence-corrected chi connectivity index (χ4v) is 3.36. The number of aromatic nitrogens is 1. The standard InChI is InChI=1S/C25H23F2NO5/c1-16-14-22(17(2)28(16)19-7-11-21(12-8-19)33-25(26)27)23(29)15-32-24(30)13-6-18-4-9-20(31-3)10-5-18/h4-14,25H,15H2,1-3H3/b13-6+. The van der Waals surface area contributed by atoms with Crippen LogP contribution >= 0.6 is 0 Å². The van der Waals surface area contributed by atoms with E-state index in [9.17, 15) is 18.4 Å².